The summed E-state index contributed by atoms with van der Waals surface area (Å²) in [5, 5.41) is 3.10. The van der Waals surface area contributed by atoms with Crippen LogP contribution >= 0.6 is 0 Å². The van der Waals surface area contributed by atoms with Crippen LogP contribution < -0.4 is 16.0 Å². The maximum Gasteiger partial charge on any atom is 0.231 e. The van der Waals surface area contributed by atoms with Gasteiger partial charge >= 0.3 is 0 Å². The molecular formula is C14H21N3O. The zero-order valence-corrected chi connectivity index (χ0v) is 11.3. The molecule has 0 spiro atoms. The number of carbonyl (C=O) groups is 1. The van der Waals surface area contributed by atoms with Gasteiger partial charge in [-0.2, -0.15) is 0 Å². The molecule has 98 valence electrons. The summed E-state index contributed by atoms with van der Waals surface area (Å²) in [5.41, 5.74) is 8.58. The van der Waals surface area contributed by atoms with Gasteiger partial charge in [-0.3, -0.25) is 4.79 Å². The standard InChI is InChI=1S/C14H21N3O/c1-14(2,6-7-15)17-12-5-4-11(16-3)8-10(12)9-13(17)18/h4-5,8,16H,6-7,9,15H2,1-3H3. The van der Waals surface area contributed by atoms with Gasteiger partial charge in [0, 0.05) is 24.0 Å². The Kier molecular flexibility index (Phi) is 3.30. The Morgan fingerprint density at radius 1 is 1.44 bits per heavy atom. The van der Waals surface area contributed by atoms with Crippen LogP contribution in [0.3, 0.4) is 0 Å². The monoisotopic (exact) mass is 247 g/mol. The molecular weight excluding hydrogens is 226 g/mol. The molecule has 0 fully saturated rings. The van der Waals surface area contributed by atoms with Crippen molar-refractivity contribution in [3.8, 4) is 0 Å². The summed E-state index contributed by atoms with van der Waals surface area (Å²) in [6.45, 7) is 4.72. The van der Waals surface area contributed by atoms with E-state index in [1.807, 2.05) is 30.1 Å². The Labute approximate surface area is 108 Å². The van der Waals surface area contributed by atoms with Crippen LogP contribution in [0.2, 0.25) is 0 Å². The highest BCUT2D eigenvalue weighted by Gasteiger charge is 2.37. The van der Waals surface area contributed by atoms with Crippen LogP contribution in [-0.4, -0.2) is 25.0 Å². The third-order valence-electron chi connectivity index (χ3n) is 3.56. The minimum Gasteiger partial charge on any atom is -0.388 e. The average Bonchev–Trinajstić information content (AvgIpc) is 2.64. The molecule has 1 aliphatic heterocycles. The van der Waals surface area contributed by atoms with E-state index in [0.29, 0.717) is 13.0 Å². The normalized spacial score (nSPS) is 14.9. The third-order valence-corrected chi connectivity index (χ3v) is 3.56. The highest BCUT2D eigenvalue weighted by molar-refractivity contribution is 6.02. The van der Waals surface area contributed by atoms with E-state index in [2.05, 4.69) is 19.2 Å². The number of benzene rings is 1. The quantitative estimate of drug-likeness (QED) is 0.852. The first-order chi connectivity index (χ1) is 8.49. The van der Waals surface area contributed by atoms with Crippen molar-refractivity contribution in [3.63, 3.8) is 0 Å². The van der Waals surface area contributed by atoms with E-state index in [4.69, 9.17) is 5.73 Å². The Bertz CT molecular complexity index is 468. The molecule has 0 aliphatic carbocycles. The van der Waals surface area contributed by atoms with Crippen LogP contribution in [0.15, 0.2) is 18.2 Å². The highest BCUT2D eigenvalue weighted by Crippen LogP contribution is 2.37. The molecule has 0 radical (unpaired) electrons. The van der Waals surface area contributed by atoms with Crippen molar-refractivity contribution < 1.29 is 4.79 Å². The first kappa shape index (κ1) is 12.9. The Morgan fingerprint density at radius 3 is 2.78 bits per heavy atom. The van der Waals surface area contributed by atoms with Crippen LogP contribution in [-0.2, 0) is 11.2 Å². The number of nitrogens with two attached hydrogens (primary N) is 1. The molecule has 1 amide bonds. The van der Waals surface area contributed by atoms with Crippen molar-refractivity contribution >= 4 is 17.3 Å². The molecule has 1 heterocycles. The number of nitrogens with zero attached hydrogens (tertiary/aromatic N) is 1. The molecule has 0 bridgehead atoms. The summed E-state index contributed by atoms with van der Waals surface area (Å²) in [4.78, 5) is 14.1. The Morgan fingerprint density at radius 2 is 2.17 bits per heavy atom. The smallest absolute Gasteiger partial charge is 0.231 e. The fourth-order valence-corrected chi connectivity index (χ4v) is 2.61. The van der Waals surface area contributed by atoms with Crippen LogP contribution in [0, 0.1) is 0 Å². The number of carbonyl (C=O) groups excluding carboxylic acids is 1. The summed E-state index contributed by atoms with van der Waals surface area (Å²) in [7, 11) is 1.88. The molecule has 1 aromatic rings. The van der Waals surface area contributed by atoms with E-state index in [1.54, 1.807) is 0 Å². The van der Waals surface area contributed by atoms with Gasteiger partial charge in [0.2, 0.25) is 5.91 Å². The van der Waals surface area contributed by atoms with Crippen LogP contribution in [0.25, 0.3) is 0 Å². The molecule has 1 aliphatic rings. The lowest BCUT2D eigenvalue weighted by molar-refractivity contribution is -0.118. The van der Waals surface area contributed by atoms with Gasteiger partial charge < -0.3 is 16.0 Å². The van der Waals surface area contributed by atoms with Crippen molar-refractivity contribution in [2.24, 2.45) is 5.73 Å². The van der Waals surface area contributed by atoms with E-state index in [9.17, 15) is 4.79 Å². The number of amides is 1. The topological polar surface area (TPSA) is 58.4 Å². The number of nitrogens with one attached hydrogen (secondary N) is 1. The number of fused-ring (bicyclic) bond motifs is 1. The van der Waals surface area contributed by atoms with Gasteiger partial charge in [0.25, 0.3) is 0 Å². The maximum absolute atomic E-state index is 12.2. The summed E-state index contributed by atoms with van der Waals surface area (Å²) in [6, 6.07) is 6.07. The van der Waals surface area contributed by atoms with E-state index < -0.39 is 0 Å². The molecule has 0 saturated heterocycles. The molecule has 1 aromatic carbocycles. The van der Waals surface area contributed by atoms with E-state index in [0.717, 1.165) is 23.4 Å². The van der Waals surface area contributed by atoms with Gasteiger partial charge in [-0.05, 0) is 50.6 Å². The van der Waals surface area contributed by atoms with Crippen LogP contribution in [0.4, 0.5) is 11.4 Å². The number of rotatable bonds is 4. The zero-order valence-electron chi connectivity index (χ0n) is 11.3. The lowest BCUT2D eigenvalue weighted by Crippen LogP contribution is -2.47. The second kappa shape index (κ2) is 4.61. The molecule has 0 saturated carbocycles. The SMILES string of the molecule is CNc1ccc2c(c1)CC(=O)N2C(C)(C)CCN. The molecule has 2 rings (SSSR count). The predicted octanol–water partition coefficient (Wildman–Crippen LogP) is 1.74. The third kappa shape index (κ3) is 2.08. The van der Waals surface area contributed by atoms with E-state index >= 15 is 0 Å². The van der Waals surface area contributed by atoms with Gasteiger partial charge in [0.1, 0.15) is 0 Å². The molecule has 0 atom stereocenters. The first-order valence-electron chi connectivity index (χ1n) is 6.33. The molecule has 0 unspecified atom stereocenters. The second-order valence-electron chi connectivity index (χ2n) is 5.35. The number of hydrogen-bond acceptors (Lipinski definition) is 3. The van der Waals surface area contributed by atoms with Gasteiger partial charge in [0.05, 0.1) is 6.42 Å². The highest BCUT2D eigenvalue weighted by atomic mass is 16.2. The van der Waals surface area contributed by atoms with Crippen molar-refractivity contribution in [2.45, 2.75) is 32.2 Å². The lowest BCUT2D eigenvalue weighted by Gasteiger charge is -2.36. The molecule has 3 N–H and O–H groups in total. The van der Waals surface area contributed by atoms with Gasteiger partial charge in [-0.25, -0.2) is 0 Å². The van der Waals surface area contributed by atoms with Crippen LogP contribution in [0.5, 0.6) is 0 Å². The zero-order chi connectivity index (χ0) is 13.3. The van der Waals surface area contributed by atoms with Gasteiger partial charge in [-0.15, -0.1) is 0 Å². The van der Waals surface area contributed by atoms with Crippen LogP contribution in [0.1, 0.15) is 25.8 Å². The van der Waals surface area contributed by atoms with Gasteiger partial charge in [-0.1, -0.05) is 0 Å². The molecule has 0 aromatic heterocycles. The second-order valence-corrected chi connectivity index (χ2v) is 5.35. The van der Waals surface area contributed by atoms with Crippen molar-refractivity contribution in [1.29, 1.82) is 0 Å². The van der Waals surface area contributed by atoms with Crippen molar-refractivity contribution in [3.05, 3.63) is 23.8 Å². The fraction of sp³-hybridized carbons (Fsp3) is 0.500. The van der Waals surface area contributed by atoms with Crippen molar-refractivity contribution in [2.75, 3.05) is 23.8 Å². The van der Waals surface area contributed by atoms with Gasteiger partial charge in [0.15, 0.2) is 0 Å². The maximum atomic E-state index is 12.2. The predicted molar refractivity (Wildman–Crippen MR) is 74.9 cm³/mol. The average molecular weight is 247 g/mol. The largest absolute Gasteiger partial charge is 0.388 e. The molecule has 18 heavy (non-hydrogen) atoms. The summed E-state index contributed by atoms with van der Waals surface area (Å²) in [5.74, 6) is 0.164. The summed E-state index contributed by atoms with van der Waals surface area (Å²) >= 11 is 0. The first-order valence-corrected chi connectivity index (χ1v) is 6.33. The molecule has 4 heteroatoms. The Balaban J connectivity index is 2.39. The van der Waals surface area contributed by atoms with E-state index in [-0.39, 0.29) is 11.4 Å². The minimum absolute atomic E-state index is 0.164. The van der Waals surface area contributed by atoms with Crippen molar-refractivity contribution in [1.82, 2.24) is 0 Å². The lowest BCUT2D eigenvalue weighted by atomic mass is 9.98. The molecule has 4 nitrogen and oxygen atoms in total. The fourth-order valence-electron chi connectivity index (χ4n) is 2.61. The summed E-state index contributed by atoms with van der Waals surface area (Å²) in [6.07, 6.45) is 1.28. The number of hydrogen-bond donors (Lipinski definition) is 2. The summed E-state index contributed by atoms with van der Waals surface area (Å²) < 4.78 is 0. The minimum atomic E-state index is -0.224. The number of anilines is 2. The van der Waals surface area contributed by atoms with E-state index in [1.165, 1.54) is 0 Å². The Hall–Kier alpha value is -1.55.